The zero-order valence-corrected chi connectivity index (χ0v) is 22.5. The van der Waals surface area contributed by atoms with Gasteiger partial charge < -0.3 is 9.47 Å². The van der Waals surface area contributed by atoms with Crippen molar-refractivity contribution in [2.24, 2.45) is 0 Å². The van der Waals surface area contributed by atoms with E-state index in [9.17, 15) is 52.0 Å². The molecule has 0 spiro atoms. The van der Waals surface area contributed by atoms with Gasteiger partial charge in [-0.25, -0.2) is 29.6 Å². The molecule has 1 heterocycles. The number of benzene rings is 2. The van der Waals surface area contributed by atoms with Crippen LogP contribution in [0.2, 0.25) is 0 Å². The number of alkyl halides is 6. The number of aryl methyl sites for hydroxylation is 1. The number of sulfonamides is 1. The summed E-state index contributed by atoms with van der Waals surface area (Å²) in [5, 5.41) is 0. The van der Waals surface area contributed by atoms with Crippen molar-refractivity contribution < 1.29 is 65.5 Å². The first-order valence-electron chi connectivity index (χ1n) is 13.0. The third kappa shape index (κ3) is 5.78. The van der Waals surface area contributed by atoms with Crippen LogP contribution in [0.4, 0.5) is 40.8 Å². The topological polar surface area (TPSA) is 104 Å². The number of anilines is 1. The zero-order valence-electron chi connectivity index (χ0n) is 23.9. The van der Waals surface area contributed by atoms with Crippen molar-refractivity contribution in [3.8, 4) is 5.75 Å². The summed E-state index contributed by atoms with van der Waals surface area (Å²) >= 11 is 0. The number of methoxy groups -OCH3 is 1. The van der Waals surface area contributed by atoms with Gasteiger partial charge in [0.25, 0.3) is 20.0 Å². The fourth-order valence-corrected chi connectivity index (χ4v) is 7.17. The van der Waals surface area contributed by atoms with E-state index in [0.29, 0.717) is 11.8 Å². The van der Waals surface area contributed by atoms with E-state index in [4.69, 9.17) is 4.11 Å². The first-order valence-corrected chi connectivity index (χ1v) is 14.4. The molecule has 0 unspecified atom stereocenters. The molecule has 0 amide bonds. The average molecular weight is 652 g/mol. The second kappa shape index (κ2) is 10.4. The summed E-state index contributed by atoms with van der Waals surface area (Å²) < 4.78 is 195. The molecule has 0 aliphatic heterocycles. The third-order valence-corrected chi connectivity index (χ3v) is 9.58. The van der Waals surface area contributed by atoms with Gasteiger partial charge in [-0.3, -0.25) is 4.72 Å². The highest BCUT2D eigenvalue weighted by molar-refractivity contribution is 7.93. The van der Waals surface area contributed by atoms with Crippen molar-refractivity contribution >= 4 is 25.7 Å². The van der Waals surface area contributed by atoms with Crippen molar-refractivity contribution in [1.82, 2.24) is 3.97 Å². The first-order chi connectivity index (χ1) is 20.4. The van der Waals surface area contributed by atoms with Crippen LogP contribution in [0.25, 0.3) is 0 Å². The lowest BCUT2D eigenvalue weighted by Crippen LogP contribution is -2.51. The van der Waals surface area contributed by atoms with Gasteiger partial charge in [-0.15, -0.1) is 13.2 Å². The highest BCUT2D eigenvalue weighted by Crippen LogP contribution is 2.46. The molecule has 3 aromatic rings. The molecule has 18 heteroatoms. The van der Waals surface area contributed by atoms with Gasteiger partial charge in [0.2, 0.25) is 0 Å². The molecule has 2 aromatic carbocycles. The summed E-state index contributed by atoms with van der Waals surface area (Å²) in [7, 11) is -13.7. The number of hydrogen-bond acceptors (Lipinski definition) is 6. The molecular formula is C24H20F8N2O6S2. The van der Waals surface area contributed by atoms with Crippen LogP contribution < -0.4 is 9.46 Å². The minimum absolute atomic E-state index is 0.000701. The van der Waals surface area contributed by atoms with Gasteiger partial charge in [-0.2, -0.15) is 13.2 Å². The normalized spacial score (nSPS) is 19.4. The Morgan fingerprint density at radius 1 is 1.00 bits per heavy atom. The van der Waals surface area contributed by atoms with Crippen LogP contribution in [0.3, 0.4) is 0 Å². The lowest BCUT2D eigenvalue weighted by Gasteiger charge is -2.38. The van der Waals surface area contributed by atoms with Crippen molar-refractivity contribution in [2.75, 3.05) is 11.8 Å². The standard InChI is InChI=1S/C24H20F8N2O6S2/c1-13-3-5-14(6-4-13)42(37,38)34-12-21(15-7-8-22(39-2,11-19(15)34)23(27,28)29)41(35,36)33-18-9-17(26)20(10-16(18)25)40-24(30,31)32/h3-6,9-10,12,33H,7-8,11H2,1-2H3/t22-/m0/s1/i2D3. The van der Waals surface area contributed by atoms with E-state index in [2.05, 4.69) is 9.47 Å². The molecular weight excluding hydrogens is 628 g/mol. The van der Waals surface area contributed by atoms with Crippen LogP contribution in [-0.4, -0.2) is 46.0 Å². The number of hydrogen-bond donors (Lipinski definition) is 1. The predicted octanol–water partition coefficient (Wildman–Crippen LogP) is 5.45. The predicted molar refractivity (Wildman–Crippen MR) is 130 cm³/mol. The quantitative estimate of drug-likeness (QED) is 0.341. The molecule has 1 N–H and O–H groups in total. The van der Waals surface area contributed by atoms with Gasteiger partial charge >= 0.3 is 12.5 Å². The van der Waals surface area contributed by atoms with Gasteiger partial charge in [-0.05, 0) is 37.5 Å². The van der Waals surface area contributed by atoms with E-state index in [1.807, 2.05) is 0 Å². The zero-order chi connectivity index (χ0) is 34.0. The fraction of sp³-hybridized carbons (Fsp3) is 0.333. The minimum atomic E-state index is -5.44. The Balaban J connectivity index is 1.89. The molecule has 0 radical (unpaired) electrons. The molecule has 230 valence electrons. The van der Waals surface area contributed by atoms with E-state index in [1.54, 1.807) is 11.6 Å². The summed E-state index contributed by atoms with van der Waals surface area (Å²) in [4.78, 5) is -1.52. The van der Waals surface area contributed by atoms with Crippen LogP contribution in [0.1, 0.15) is 27.4 Å². The Hall–Kier alpha value is -3.38. The van der Waals surface area contributed by atoms with Gasteiger partial charge in [0.05, 0.1) is 14.7 Å². The number of nitrogens with one attached hydrogen (secondary N) is 1. The summed E-state index contributed by atoms with van der Waals surface area (Å²) in [6.07, 6.45) is -14.0. The maximum absolute atomic E-state index is 14.6. The SMILES string of the molecule is [2H]C([2H])([2H])O[C@@]1(C(F)(F)F)CCc2c(S(=O)(=O)Nc3cc(F)c(OC(F)(F)F)cc3F)cn(S(=O)(=O)c3ccc(C)cc3)c2C1. The molecule has 0 fully saturated rings. The van der Waals surface area contributed by atoms with E-state index in [0.717, 1.165) is 12.1 Å². The fourth-order valence-electron chi connectivity index (χ4n) is 4.34. The smallest absolute Gasteiger partial charge is 0.403 e. The second-order valence-electron chi connectivity index (χ2n) is 9.22. The van der Waals surface area contributed by atoms with E-state index >= 15 is 0 Å². The van der Waals surface area contributed by atoms with Crippen molar-refractivity contribution in [3.05, 3.63) is 71.1 Å². The third-order valence-electron chi connectivity index (χ3n) is 6.45. The summed E-state index contributed by atoms with van der Waals surface area (Å²) in [5.74, 6) is -5.26. The van der Waals surface area contributed by atoms with Crippen molar-refractivity contribution in [2.45, 2.75) is 54.1 Å². The molecule has 1 aliphatic rings. The molecule has 1 aromatic heterocycles. The number of aromatic nitrogens is 1. The number of fused-ring (bicyclic) bond motifs is 1. The van der Waals surface area contributed by atoms with Crippen LogP contribution in [0.5, 0.6) is 5.75 Å². The number of nitrogens with zero attached hydrogens (tertiary/aromatic N) is 1. The Kier molecular flexibility index (Phi) is 6.80. The number of halogens is 8. The molecule has 1 atom stereocenters. The molecule has 4 rings (SSSR count). The molecule has 42 heavy (non-hydrogen) atoms. The van der Waals surface area contributed by atoms with E-state index in [-0.39, 0.29) is 16.1 Å². The number of rotatable bonds is 7. The van der Waals surface area contributed by atoms with E-state index in [1.165, 1.54) is 12.1 Å². The summed E-state index contributed by atoms with van der Waals surface area (Å²) in [6.45, 7) is 1.60. The van der Waals surface area contributed by atoms with Crippen molar-refractivity contribution in [1.29, 1.82) is 0 Å². The van der Waals surface area contributed by atoms with Gasteiger partial charge in [0.1, 0.15) is 4.90 Å². The largest absolute Gasteiger partial charge is 0.573 e. The lowest BCUT2D eigenvalue weighted by atomic mass is 9.83. The maximum atomic E-state index is 14.6. The average Bonchev–Trinajstić information content (AvgIpc) is 3.25. The highest BCUT2D eigenvalue weighted by Gasteiger charge is 2.58. The first kappa shape index (κ1) is 27.5. The number of ether oxygens (including phenoxy) is 2. The Bertz CT molecular complexity index is 1840. The van der Waals surface area contributed by atoms with Crippen LogP contribution >= 0.6 is 0 Å². The van der Waals surface area contributed by atoms with Crippen LogP contribution in [0.15, 0.2) is 52.4 Å². The Morgan fingerprint density at radius 2 is 1.64 bits per heavy atom. The van der Waals surface area contributed by atoms with E-state index < -0.39 is 109 Å². The van der Waals surface area contributed by atoms with Crippen molar-refractivity contribution in [3.63, 3.8) is 0 Å². The Labute approximate surface area is 238 Å². The van der Waals surface area contributed by atoms with Gasteiger partial charge in [-0.1, -0.05) is 17.7 Å². The highest BCUT2D eigenvalue weighted by atomic mass is 32.2. The van der Waals surface area contributed by atoms with Gasteiger partial charge in [0.15, 0.2) is 23.0 Å². The monoisotopic (exact) mass is 651 g/mol. The Morgan fingerprint density at radius 3 is 2.21 bits per heavy atom. The molecule has 0 saturated heterocycles. The molecule has 1 aliphatic carbocycles. The lowest BCUT2D eigenvalue weighted by molar-refractivity contribution is -0.275. The van der Waals surface area contributed by atoms with Crippen LogP contribution in [-0.2, 0) is 37.6 Å². The maximum Gasteiger partial charge on any atom is 0.573 e. The molecule has 0 bridgehead atoms. The van der Waals surface area contributed by atoms with Gasteiger partial charge in [0, 0.05) is 37.5 Å². The molecule has 0 saturated carbocycles. The minimum Gasteiger partial charge on any atom is -0.403 e. The summed E-state index contributed by atoms with van der Waals surface area (Å²) in [5.41, 5.74) is -5.55. The van der Waals surface area contributed by atoms with Crippen LogP contribution in [0, 0.1) is 18.6 Å². The molecule has 8 nitrogen and oxygen atoms in total. The summed E-state index contributed by atoms with van der Waals surface area (Å²) in [6, 6.07) is 4.70. The second-order valence-corrected chi connectivity index (χ2v) is 12.7.